The Hall–Kier alpha value is -3.26. The zero-order chi connectivity index (χ0) is 17.9. The van der Waals surface area contributed by atoms with Gasteiger partial charge in [-0.1, -0.05) is 84.9 Å². The zero-order valence-corrected chi connectivity index (χ0v) is 14.9. The van der Waals surface area contributed by atoms with Gasteiger partial charge in [0.05, 0.1) is 11.4 Å². The summed E-state index contributed by atoms with van der Waals surface area (Å²) in [5.41, 5.74) is 15.5. The molecule has 0 fully saturated rings. The number of nitrogens with one attached hydrogen (secondary N) is 1. The Bertz CT molecular complexity index is 983. The first-order valence-corrected chi connectivity index (χ1v) is 8.94. The van der Waals surface area contributed by atoms with Gasteiger partial charge < -0.3 is 11.1 Å². The molecule has 0 amide bonds. The number of anilines is 2. The molecule has 3 aromatic carbocycles. The van der Waals surface area contributed by atoms with E-state index in [1.54, 1.807) is 0 Å². The van der Waals surface area contributed by atoms with Crippen molar-refractivity contribution in [2.45, 2.75) is 6.92 Å². The van der Waals surface area contributed by atoms with E-state index >= 15 is 0 Å². The fraction of sp³-hybridized carbons (Fsp3) is 0.0833. The maximum atomic E-state index is 6.63. The molecular weight excluding hydrogens is 316 g/mol. The maximum Gasteiger partial charge on any atom is 0.0662 e. The van der Waals surface area contributed by atoms with Gasteiger partial charge in [-0.2, -0.15) is 0 Å². The van der Waals surface area contributed by atoms with Gasteiger partial charge in [-0.05, 0) is 29.2 Å². The second-order valence-corrected chi connectivity index (χ2v) is 6.38. The normalized spacial score (nSPS) is 13.6. The molecule has 1 aliphatic heterocycles. The van der Waals surface area contributed by atoms with Crippen molar-refractivity contribution >= 4 is 22.5 Å². The first kappa shape index (κ1) is 16.2. The number of hydrogen-bond acceptors (Lipinski definition) is 2. The minimum Gasteiger partial charge on any atom is -0.397 e. The van der Waals surface area contributed by atoms with Gasteiger partial charge in [0.1, 0.15) is 0 Å². The maximum absolute atomic E-state index is 6.63. The Balaban J connectivity index is 1.82. The summed E-state index contributed by atoms with van der Waals surface area (Å²) < 4.78 is 0. The third kappa shape index (κ3) is 2.80. The molecule has 0 unspecified atom stereocenters. The van der Waals surface area contributed by atoms with E-state index in [-0.39, 0.29) is 0 Å². The van der Waals surface area contributed by atoms with Crippen LogP contribution in [-0.2, 0) is 0 Å². The highest BCUT2D eigenvalue weighted by atomic mass is 14.9. The van der Waals surface area contributed by atoms with Crippen LogP contribution in [-0.4, -0.2) is 6.54 Å². The van der Waals surface area contributed by atoms with Crippen molar-refractivity contribution in [2.24, 2.45) is 0 Å². The van der Waals surface area contributed by atoms with Crippen LogP contribution in [0.25, 0.3) is 11.1 Å². The number of rotatable bonds is 3. The molecule has 0 saturated carbocycles. The Labute approximate surface area is 154 Å². The highest BCUT2D eigenvalue weighted by Gasteiger charge is 2.19. The van der Waals surface area contributed by atoms with Crippen molar-refractivity contribution in [2.75, 3.05) is 17.6 Å². The lowest BCUT2D eigenvalue weighted by Crippen LogP contribution is -2.12. The molecule has 0 atom stereocenters. The van der Waals surface area contributed by atoms with Crippen molar-refractivity contribution in [3.8, 4) is 0 Å². The van der Waals surface area contributed by atoms with Crippen LogP contribution >= 0.6 is 0 Å². The van der Waals surface area contributed by atoms with Crippen molar-refractivity contribution < 1.29 is 0 Å². The molecular formula is C24H22N2. The molecule has 2 nitrogen and oxygen atoms in total. The minimum atomic E-state index is 0.779. The molecule has 3 N–H and O–H groups in total. The Morgan fingerprint density at radius 3 is 2.31 bits per heavy atom. The van der Waals surface area contributed by atoms with Gasteiger partial charge in [-0.3, -0.25) is 0 Å². The first-order chi connectivity index (χ1) is 12.8. The summed E-state index contributed by atoms with van der Waals surface area (Å²) >= 11 is 0. The second-order valence-electron chi connectivity index (χ2n) is 6.38. The Morgan fingerprint density at radius 1 is 0.923 bits per heavy atom. The molecule has 0 saturated heterocycles. The molecule has 0 aromatic heterocycles. The van der Waals surface area contributed by atoms with Crippen molar-refractivity contribution in [1.82, 2.24) is 0 Å². The molecule has 0 bridgehead atoms. The van der Waals surface area contributed by atoms with Crippen molar-refractivity contribution in [3.05, 3.63) is 107 Å². The van der Waals surface area contributed by atoms with E-state index in [9.17, 15) is 0 Å². The van der Waals surface area contributed by atoms with E-state index in [0.717, 1.165) is 34.6 Å². The number of nitrogens with two attached hydrogens (primary N) is 1. The highest BCUT2D eigenvalue weighted by Crippen LogP contribution is 2.40. The van der Waals surface area contributed by atoms with Gasteiger partial charge in [0, 0.05) is 17.7 Å². The summed E-state index contributed by atoms with van der Waals surface area (Å²) in [4.78, 5) is 0. The quantitative estimate of drug-likeness (QED) is 0.612. The average Bonchev–Trinajstić information content (AvgIpc) is 2.71. The molecule has 0 aliphatic carbocycles. The first-order valence-electron chi connectivity index (χ1n) is 8.94. The molecule has 128 valence electrons. The van der Waals surface area contributed by atoms with Crippen LogP contribution in [0.2, 0.25) is 0 Å². The van der Waals surface area contributed by atoms with E-state index in [2.05, 4.69) is 85.1 Å². The molecule has 3 aromatic rings. The molecule has 2 heteroatoms. The molecule has 0 radical (unpaired) electrons. The molecule has 0 spiro atoms. The van der Waals surface area contributed by atoms with E-state index < -0.39 is 0 Å². The summed E-state index contributed by atoms with van der Waals surface area (Å²) in [6.45, 7) is 2.84. The monoisotopic (exact) mass is 338 g/mol. The standard InChI is InChI=1S/C24H22N2/c1-2-19(17-9-5-3-6-10-17)21-13-14-22-20(18-11-7-4-8-12-18)15-16-26-24(22)23(21)25/h2-15,26H,16,25H2,1H3/b19-2-. The van der Waals surface area contributed by atoms with Crippen LogP contribution < -0.4 is 11.1 Å². The van der Waals surface area contributed by atoms with E-state index in [0.29, 0.717) is 0 Å². The zero-order valence-electron chi connectivity index (χ0n) is 14.9. The molecule has 26 heavy (non-hydrogen) atoms. The lowest BCUT2D eigenvalue weighted by molar-refractivity contribution is 1.28. The third-order valence-corrected chi connectivity index (χ3v) is 4.87. The SMILES string of the molecule is C/C=C(/c1ccccc1)c1ccc2c(c1N)NCC=C2c1ccccc1. The van der Waals surface area contributed by atoms with Crippen molar-refractivity contribution in [1.29, 1.82) is 0 Å². The summed E-state index contributed by atoms with van der Waals surface area (Å²) in [6, 6.07) is 25.2. The smallest absolute Gasteiger partial charge is 0.0662 e. The van der Waals surface area contributed by atoms with Gasteiger partial charge in [0.25, 0.3) is 0 Å². The highest BCUT2D eigenvalue weighted by molar-refractivity contribution is 5.98. The number of nitrogen functional groups attached to an aromatic ring is 1. The lowest BCUT2D eigenvalue weighted by atomic mass is 9.89. The van der Waals surface area contributed by atoms with Gasteiger partial charge in [-0.25, -0.2) is 0 Å². The van der Waals surface area contributed by atoms with Crippen LogP contribution in [0.1, 0.15) is 29.2 Å². The number of benzene rings is 3. The van der Waals surface area contributed by atoms with Gasteiger partial charge >= 0.3 is 0 Å². The van der Waals surface area contributed by atoms with E-state index in [1.165, 1.54) is 16.7 Å². The summed E-state index contributed by atoms with van der Waals surface area (Å²) in [7, 11) is 0. The summed E-state index contributed by atoms with van der Waals surface area (Å²) in [5, 5.41) is 3.47. The molecule has 4 rings (SSSR count). The van der Waals surface area contributed by atoms with Gasteiger partial charge in [0.2, 0.25) is 0 Å². The Kier molecular flexibility index (Phi) is 4.32. The number of allylic oxidation sites excluding steroid dienone is 1. The van der Waals surface area contributed by atoms with Gasteiger partial charge in [0.15, 0.2) is 0 Å². The van der Waals surface area contributed by atoms with Crippen LogP contribution in [0.3, 0.4) is 0 Å². The van der Waals surface area contributed by atoms with Gasteiger partial charge in [-0.15, -0.1) is 0 Å². The lowest BCUT2D eigenvalue weighted by Gasteiger charge is -2.24. The topological polar surface area (TPSA) is 38.0 Å². The fourth-order valence-electron chi connectivity index (χ4n) is 3.62. The van der Waals surface area contributed by atoms with E-state index in [4.69, 9.17) is 5.73 Å². The predicted molar refractivity (Wildman–Crippen MR) is 112 cm³/mol. The van der Waals surface area contributed by atoms with Crippen LogP contribution in [0, 0.1) is 0 Å². The molecule has 1 aliphatic rings. The largest absolute Gasteiger partial charge is 0.397 e. The third-order valence-electron chi connectivity index (χ3n) is 4.87. The van der Waals surface area contributed by atoms with Crippen molar-refractivity contribution in [3.63, 3.8) is 0 Å². The van der Waals surface area contributed by atoms with Crippen LogP contribution in [0.4, 0.5) is 11.4 Å². The average molecular weight is 338 g/mol. The van der Waals surface area contributed by atoms with Crippen LogP contribution in [0.5, 0.6) is 0 Å². The summed E-state index contributed by atoms with van der Waals surface area (Å²) in [6.07, 6.45) is 4.36. The number of hydrogen-bond donors (Lipinski definition) is 2. The molecule has 1 heterocycles. The minimum absolute atomic E-state index is 0.779. The van der Waals surface area contributed by atoms with E-state index in [1.807, 2.05) is 12.1 Å². The van der Waals surface area contributed by atoms with Crippen LogP contribution in [0.15, 0.2) is 84.9 Å². The predicted octanol–water partition coefficient (Wildman–Crippen LogP) is 5.58. The fourth-order valence-corrected chi connectivity index (χ4v) is 3.62. The Morgan fingerprint density at radius 2 is 1.62 bits per heavy atom. The summed E-state index contributed by atoms with van der Waals surface area (Å²) in [5.74, 6) is 0. The number of fused-ring (bicyclic) bond motifs is 1. The second kappa shape index (κ2) is 6.93.